The molecule has 0 amide bonds. The van der Waals surface area contributed by atoms with Crippen LogP contribution in [0.4, 0.5) is 30.2 Å². The van der Waals surface area contributed by atoms with Gasteiger partial charge in [0, 0.05) is 19.5 Å². The van der Waals surface area contributed by atoms with E-state index in [1.165, 1.54) is 6.07 Å². The van der Waals surface area contributed by atoms with Crippen LogP contribution in [0.5, 0.6) is 0 Å². The molecule has 21 heavy (non-hydrogen) atoms. The molecule has 0 radical (unpaired) electrons. The van der Waals surface area contributed by atoms with Gasteiger partial charge in [0.15, 0.2) is 0 Å². The molecule has 8 heteroatoms. The Morgan fingerprint density at radius 1 is 1.19 bits per heavy atom. The zero-order valence-electron chi connectivity index (χ0n) is 11.7. The average molecular weight is 305 g/mol. The summed E-state index contributed by atoms with van der Waals surface area (Å²) in [5.41, 5.74) is 0.448. The van der Waals surface area contributed by atoms with Crippen molar-refractivity contribution in [1.82, 2.24) is 0 Å². The van der Waals surface area contributed by atoms with Crippen molar-refractivity contribution in [2.45, 2.75) is 32.4 Å². The number of nitro benzene ring substituents is 1. The number of hydrogen-bond donors (Lipinski definition) is 2. The number of halogens is 3. The van der Waals surface area contributed by atoms with Gasteiger partial charge in [-0.25, -0.2) is 0 Å². The van der Waals surface area contributed by atoms with E-state index in [2.05, 4.69) is 10.6 Å². The third kappa shape index (κ3) is 5.88. The van der Waals surface area contributed by atoms with Crippen molar-refractivity contribution < 1.29 is 18.1 Å². The van der Waals surface area contributed by atoms with Crippen molar-refractivity contribution in [2.24, 2.45) is 0 Å². The molecule has 0 aliphatic rings. The molecule has 0 fully saturated rings. The topological polar surface area (TPSA) is 67.2 Å². The summed E-state index contributed by atoms with van der Waals surface area (Å²) in [4.78, 5) is 10.6. The highest BCUT2D eigenvalue weighted by Gasteiger charge is 2.26. The lowest BCUT2D eigenvalue weighted by atomic mass is 10.2. The lowest BCUT2D eigenvalue weighted by Gasteiger charge is -2.12. The molecule has 0 unspecified atom stereocenters. The molecule has 0 aromatic heterocycles. The highest BCUT2D eigenvalue weighted by molar-refractivity contribution is 5.76. The molecule has 0 aliphatic heterocycles. The number of hydrogen-bond acceptors (Lipinski definition) is 4. The third-order valence-electron chi connectivity index (χ3n) is 2.74. The number of nitro groups is 1. The number of nitrogens with zero attached hydrogens (tertiary/aromatic N) is 1. The minimum absolute atomic E-state index is 0.0254. The monoisotopic (exact) mass is 305 g/mol. The molecule has 0 atom stereocenters. The first-order valence-electron chi connectivity index (χ1n) is 6.67. The summed E-state index contributed by atoms with van der Waals surface area (Å²) >= 11 is 0. The maximum Gasteiger partial charge on any atom is 0.389 e. The van der Waals surface area contributed by atoms with E-state index in [4.69, 9.17) is 0 Å². The average Bonchev–Trinajstić information content (AvgIpc) is 2.40. The number of alkyl halides is 3. The Morgan fingerprint density at radius 2 is 1.76 bits per heavy atom. The Labute approximate surface area is 120 Å². The number of benzene rings is 1. The first-order chi connectivity index (χ1) is 9.85. The van der Waals surface area contributed by atoms with Crippen LogP contribution in [-0.4, -0.2) is 24.2 Å². The summed E-state index contributed by atoms with van der Waals surface area (Å²) in [5.74, 6) is 0. The van der Waals surface area contributed by atoms with Crippen molar-refractivity contribution >= 4 is 17.1 Å². The van der Waals surface area contributed by atoms with Crippen LogP contribution in [0, 0.1) is 10.1 Å². The standard InChI is InChI=1S/C13H18F3N3O2/c1-2-8-17-10-5-3-6-11(12(10)19(20)21)18-9-4-7-13(14,15)16/h3,5-6,17-18H,2,4,7-9H2,1H3. The molecule has 0 bridgehead atoms. The largest absolute Gasteiger partial charge is 0.389 e. The SMILES string of the molecule is CCCNc1cccc(NCCCC(F)(F)F)c1[N+](=O)[O-]. The first kappa shape index (κ1) is 17.1. The second kappa shape index (κ2) is 7.70. The van der Waals surface area contributed by atoms with Gasteiger partial charge in [-0.15, -0.1) is 0 Å². The summed E-state index contributed by atoms with van der Waals surface area (Å²) in [6.07, 6.45) is -4.45. The van der Waals surface area contributed by atoms with Crippen LogP contribution in [0.2, 0.25) is 0 Å². The van der Waals surface area contributed by atoms with Gasteiger partial charge in [0.2, 0.25) is 0 Å². The van der Waals surface area contributed by atoms with E-state index in [9.17, 15) is 23.3 Å². The number of anilines is 2. The highest BCUT2D eigenvalue weighted by Crippen LogP contribution is 2.33. The summed E-state index contributed by atoms with van der Waals surface area (Å²) in [6.45, 7) is 2.54. The van der Waals surface area contributed by atoms with Gasteiger partial charge in [-0.2, -0.15) is 13.2 Å². The van der Waals surface area contributed by atoms with Crippen LogP contribution in [0.3, 0.4) is 0 Å². The maximum absolute atomic E-state index is 12.0. The normalized spacial score (nSPS) is 11.2. The molecule has 5 nitrogen and oxygen atoms in total. The highest BCUT2D eigenvalue weighted by atomic mass is 19.4. The quantitative estimate of drug-likeness (QED) is 0.430. The van der Waals surface area contributed by atoms with E-state index in [0.717, 1.165) is 6.42 Å². The van der Waals surface area contributed by atoms with Gasteiger partial charge >= 0.3 is 11.9 Å². The molecule has 0 saturated carbocycles. The molecule has 0 saturated heterocycles. The van der Waals surface area contributed by atoms with Crippen LogP contribution in [-0.2, 0) is 0 Å². The fourth-order valence-electron chi connectivity index (χ4n) is 1.80. The number of para-hydroxylation sites is 1. The zero-order valence-corrected chi connectivity index (χ0v) is 11.7. The predicted octanol–water partition coefficient (Wildman–Crippen LogP) is 4.17. The maximum atomic E-state index is 12.0. The lowest BCUT2D eigenvalue weighted by Crippen LogP contribution is -2.12. The molecule has 0 aliphatic carbocycles. The van der Waals surface area contributed by atoms with Crippen molar-refractivity contribution in [3.05, 3.63) is 28.3 Å². The van der Waals surface area contributed by atoms with Crippen molar-refractivity contribution in [2.75, 3.05) is 23.7 Å². The second-order valence-electron chi connectivity index (χ2n) is 4.53. The second-order valence-corrected chi connectivity index (χ2v) is 4.53. The van der Waals surface area contributed by atoms with Crippen LogP contribution >= 0.6 is 0 Å². The van der Waals surface area contributed by atoms with Crippen molar-refractivity contribution in [3.8, 4) is 0 Å². The zero-order chi connectivity index (χ0) is 15.9. The lowest BCUT2D eigenvalue weighted by molar-refractivity contribution is -0.383. The molecular weight excluding hydrogens is 287 g/mol. The van der Waals surface area contributed by atoms with Crippen LogP contribution in [0.1, 0.15) is 26.2 Å². The van der Waals surface area contributed by atoms with Gasteiger partial charge in [0.1, 0.15) is 11.4 Å². The summed E-state index contributed by atoms with van der Waals surface area (Å²) < 4.78 is 36.1. The predicted molar refractivity (Wildman–Crippen MR) is 75.7 cm³/mol. The van der Waals surface area contributed by atoms with E-state index in [-0.39, 0.29) is 24.3 Å². The van der Waals surface area contributed by atoms with Crippen LogP contribution < -0.4 is 10.6 Å². The van der Waals surface area contributed by atoms with Crippen molar-refractivity contribution in [1.29, 1.82) is 0 Å². The Bertz CT molecular complexity index is 478. The molecule has 0 spiro atoms. The molecule has 1 aromatic rings. The van der Waals surface area contributed by atoms with E-state index in [1.54, 1.807) is 12.1 Å². The number of nitrogens with one attached hydrogen (secondary N) is 2. The Balaban J connectivity index is 2.74. The van der Waals surface area contributed by atoms with E-state index >= 15 is 0 Å². The van der Waals surface area contributed by atoms with Gasteiger partial charge in [0.05, 0.1) is 4.92 Å². The Kier molecular flexibility index (Phi) is 6.26. The molecule has 0 heterocycles. The van der Waals surface area contributed by atoms with Crippen molar-refractivity contribution in [3.63, 3.8) is 0 Å². The van der Waals surface area contributed by atoms with E-state index in [1.807, 2.05) is 6.92 Å². The fourth-order valence-corrected chi connectivity index (χ4v) is 1.80. The van der Waals surface area contributed by atoms with Crippen LogP contribution in [0.25, 0.3) is 0 Å². The van der Waals surface area contributed by atoms with Gasteiger partial charge < -0.3 is 10.6 Å². The third-order valence-corrected chi connectivity index (χ3v) is 2.74. The summed E-state index contributed by atoms with van der Waals surface area (Å²) in [5, 5.41) is 16.8. The fraction of sp³-hybridized carbons (Fsp3) is 0.538. The molecule has 1 aromatic carbocycles. The minimum atomic E-state index is -4.21. The summed E-state index contributed by atoms with van der Waals surface area (Å²) in [6, 6.07) is 4.69. The Hall–Kier alpha value is -1.99. The van der Waals surface area contributed by atoms with Gasteiger partial charge in [-0.1, -0.05) is 13.0 Å². The van der Waals surface area contributed by atoms with E-state index in [0.29, 0.717) is 12.2 Å². The summed E-state index contributed by atoms with van der Waals surface area (Å²) in [7, 11) is 0. The minimum Gasteiger partial charge on any atom is -0.379 e. The van der Waals surface area contributed by atoms with Gasteiger partial charge in [-0.05, 0) is 25.0 Å². The molecular formula is C13H18F3N3O2. The Morgan fingerprint density at radius 3 is 2.24 bits per heavy atom. The molecule has 2 N–H and O–H groups in total. The van der Waals surface area contributed by atoms with Gasteiger partial charge in [-0.3, -0.25) is 10.1 Å². The molecule has 118 valence electrons. The number of rotatable bonds is 8. The van der Waals surface area contributed by atoms with Crippen LogP contribution in [0.15, 0.2) is 18.2 Å². The first-order valence-corrected chi connectivity index (χ1v) is 6.67. The van der Waals surface area contributed by atoms with E-state index < -0.39 is 17.5 Å². The smallest absolute Gasteiger partial charge is 0.379 e. The van der Waals surface area contributed by atoms with Gasteiger partial charge in [0.25, 0.3) is 0 Å². The molecule has 1 rings (SSSR count).